The second kappa shape index (κ2) is 12.2. The maximum Gasteiger partial charge on any atom is 0.411 e. The van der Waals surface area contributed by atoms with Gasteiger partial charge in [0.05, 0.1) is 7.11 Å². The molecule has 1 unspecified atom stereocenters. The Labute approximate surface area is 221 Å². The van der Waals surface area contributed by atoms with Gasteiger partial charge in [0.1, 0.15) is 11.6 Å². The number of halogens is 1. The van der Waals surface area contributed by atoms with Gasteiger partial charge in [0.2, 0.25) is 0 Å². The Kier molecular flexibility index (Phi) is 9.29. The van der Waals surface area contributed by atoms with Gasteiger partial charge in [-0.3, -0.25) is 14.5 Å². The molecule has 7 heteroatoms. The summed E-state index contributed by atoms with van der Waals surface area (Å²) in [5.41, 5.74) is 3.27. The molecule has 0 saturated carbocycles. The minimum absolute atomic E-state index is 0.207. The Morgan fingerprint density at radius 1 is 0.861 bits per heavy atom. The first-order valence-corrected chi connectivity index (χ1v) is 12.6. The first-order valence-electron chi connectivity index (χ1n) is 11.8. The van der Waals surface area contributed by atoms with Gasteiger partial charge >= 0.3 is 6.09 Å². The van der Waals surface area contributed by atoms with E-state index in [1.165, 1.54) is 12.0 Å². The number of amides is 2. The third-order valence-corrected chi connectivity index (χ3v) is 6.16. The van der Waals surface area contributed by atoms with E-state index in [9.17, 15) is 9.59 Å². The Morgan fingerprint density at radius 2 is 1.42 bits per heavy atom. The molecule has 0 radical (unpaired) electrons. The fraction of sp³-hybridized carbons (Fsp3) is 0.310. The lowest BCUT2D eigenvalue weighted by atomic mass is 9.99. The van der Waals surface area contributed by atoms with E-state index in [4.69, 9.17) is 9.57 Å². The SMILES string of the molecule is CON(C)C(=O)C(Cc1ccc(-c2ccccc2)cc1)N(Cc1ccc(Br)cc1)C(=O)OC(C)(C)C. The van der Waals surface area contributed by atoms with E-state index in [0.717, 1.165) is 31.8 Å². The molecule has 36 heavy (non-hydrogen) atoms. The molecule has 1 atom stereocenters. The average Bonchev–Trinajstić information content (AvgIpc) is 2.86. The molecule has 3 rings (SSSR count). The molecule has 0 bridgehead atoms. The van der Waals surface area contributed by atoms with Crippen LogP contribution >= 0.6 is 15.9 Å². The quantitative estimate of drug-likeness (QED) is 0.300. The second-order valence-corrected chi connectivity index (χ2v) is 10.5. The number of benzene rings is 3. The van der Waals surface area contributed by atoms with E-state index in [2.05, 4.69) is 28.1 Å². The summed E-state index contributed by atoms with van der Waals surface area (Å²) in [5.74, 6) is -0.340. The highest BCUT2D eigenvalue weighted by Crippen LogP contribution is 2.23. The molecule has 0 aliphatic carbocycles. The lowest BCUT2D eigenvalue weighted by molar-refractivity contribution is -0.174. The van der Waals surface area contributed by atoms with Crippen LogP contribution in [0.5, 0.6) is 0 Å². The van der Waals surface area contributed by atoms with Crippen LogP contribution in [-0.4, -0.2) is 47.8 Å². The van der Waals surface area contributed by atoms with Crippen LogP contribution in [0.4, 0.5) is 4.79 Å². The van der Waals surface area contributed by atoms with Crippen LogP contribution in [0.15, 0.2) is 83.3 Å². The predicted molar refractivity (Wildman–Crippen MR) is 145 cm³/mol. The summed E-state index contributed by atoms with van der Waals surface area (Å²) in [4.78, 5) is 33.6. The zero-order chi connectivity index (χ0) is 26.3. The number of ether oxygens (including phenoxy) is 1. The molecule has 0 saturated heterocycles. The summed E-state index contributed by atoms with van der Waals surface area (Å²) in [6.45, 7) is 5.63. The van der Waals surface area contributed by atoms with Crippen LogP contribution in [0, 0.1) is 0 Å². The highest BCUT2D eigenvalue weighted by atomic mass is 79.9. The van der Waals surface area contributed by atoms with Crippen LogP contribution in [0.3, 0.4) is 0 Å². The Hall–Kier alpha value is -3.16. The zero-order valence-corrected chi connectivity index (χ0v) is 23.0. The fourth-order valence-electron chi connectivity index (χ4n) is 3.73. The summed E-state index contributed by atoms with van der Waals surface area (Å²) in [5, 5.41) is 1.15. The molecular formula is C29H33BrN2O4. The first-order chi connectivity index (χ1) is 17.1. The normalized spacial score (nSPS) is 12.1. The van der Waals surface area contributed by atoms with Crippen molar-refractivity contribution < 1.29 is 19.2 Å². The zero-order valence-electron chi connectivity index (χ0n) is 21.4. The van der Waals surface area contributed by atoms with Crippen molar-refractivity contribution in [3.8, 4) is 11.1 Å². The third kappa shape index (κ3) is 7.67. The monoisotopic (exact) mass is 552 g/mol. The van der Waals surface area contributed by atoms with Gasteiger partial charge in [-0.15, -0.1) is 0 Å². The highest BCUT2D eigenvalue weighted by Gasteiger charge is 2.35. The van der Waals surface area contributed by atoms with E-state index in [1.807, 2.05) is 87.5 Å². The number of hydroxylamine groups is 2. The van der Waals surface area contributed by atoms with Gasteiger partial charge in [0.25, 0.3) is 5.91 Å². The van der Waals surface area contributed by atoms with Crippen molar-refractivity contribution in [3.05, 3.63) is 94.5 Å². The van der Waals surface area contributed by atoms with Crippen molar-refractivity contribution >= 4 is 27.9 Å². The summed E-state index contributed by atoms with van der Waals surface area (Å²) >= 11 is 3.45. The summed E-state index contributed by atoms with van der Waals surface area (Å²) < 4.78 is 6.65. The number of carbonyl (C=O) groups is 2. The number of nitrogens with zero attached hydrogens (tertiary/aromatic N) is 2. The van der Waals surface area contributed by atoms with Crippen molar-refractivity contribution in [2.45, 2.75) is 45.4 Å². The number of rotatable bonds is 8. The van der Waals surface area contributed by atoms with Gasteiger partial charge in [-0.05, 0) is 55.2 Å². The summed E-state index contributed by atoms with van der Waals surface area (Å²) in [7, 11) is 2.97. The standard InChI is InChI=1S/C29H33BrN2O4/c1-29(2,3)36-28(34)32(20-22-13-17-25(30)18-14-22)26(27(33)31(4)35-5)19-21-11-15-24(16-12-21)23-9-7-6-8-10-23/h6-18,26H,19-20H2,1-5H3. The molecule has 3 aromatic rings. The maximum absolute atomic E-state index is 13.5. The number of likely N-dealkylation sites (N-methyl/N-ethyl adjacent to an activating group) is 1. The molecule has 0 N–H and O–H groups in total. The third-order valence-electron chi connectivity index (χ3n) is 5.63. The van der Waals surface area contributed by atoms with Crippen LogP contribution in [0.25, 0.3) is 11.1 Å². The van der Waals surface area contributed by atoms with Crippen LogP contribution in [0.2, 0.25) is 0 Å². The molecule has 0 heterocycles. The van der Waals surface area contributed by atoms with Gasteiger partial charge in [-0.25, -0.2) is 9.86 Å². The van der Waals surface area contributed by atoms with Gasteiger partial charge in [-0.2, -0.15) is 0 Å². The van der Waals surface area contributed by atoms with E-state index in [1.54, 1.807) is 7.05 Å². The molecule has 6 nitrogen and oxygen atoms in total. The van der Waals surface area contributed by atoms with Gasteiger partial charge in [0, 0.05) is 24.5 Å². The Morgan fingerprint density at radius 3 is 1.97 bits per heavy atom. The predicted octanol–water partition coefficient (Wildman–Crippen LogP) is 6.48. The number of hydrogen-bond donors (Lipinski definition) is 0. The number of hydrogen-bond acceptors (Lipinski definition) is 4. The molecule has 0 fully saturated rings. The first kappa shape index (κ1) is 27.4. The van der Waals surface area contributed by atoms with Crippen LogP contribution in [-0.2, 0) is 27.3 Å². The molecule has 190 valence electrons. The Bertz CT molecular complexity index is 1140. The molecule has 2 amide bonds. The molecule has 0 aromatic heterocycles. The van der Waals surface area contributed by atoms with Crippen molar-refractivity contribution in [2.75, 3.05) is 14.2 Å². The lowest BCUT2D eigenvalue weighted by Crippen LogP contribution is -2.51. The van der Waals surface area contributed by atoms with E-state index < -0.39 is 17.7 Å². The molecular weight excluding hydrogens is 520 g/mol. The largest absolute Gasteiger partial charge is 0.444 e. The van der Waals surface area contributed by atoms with Crippen LogP contribution < -0.4 is 0 Å². The van der Waals surface area contributed by atoms with E-state index in [0.29, 0.717) is 6.42 Å². The van der Waals surface area contributed by atoms with E-state index in [-0.39, 0.29) is 12.5 Å². The summed E-state index contributed by atoms with van der Waals surface area (Å²) in [6, 6.07) is 24.9. The topological polar surface area (TPSA) is 59.1 Å². The lowest BCUT2D eigenvalue weighted by Gasteiger charge is -2.34. The Balaban J connectivity index is 1.96. The van der Waals surface area contributed by atoms with Gasteiger partial charge in [-0.1, -0.05) is 82.7 Å². The van der Waals surface area contributed by atoms with Crippen molar-refractivity contribution in [1.29, 1.82) is 0 Å². The average molecular weight is 553 g/mol. The second-order valence-electron chi connectivity index (χ2n) is 9.54. The molecule has 0 spiro atoms. The highest BCUT2D eigenvalue weighted by molar-refractivity contribution is 9.10. The van der Waals surface area contributed by atoms with Crippen molar-refractivity contribution in [3.63, 3.8) is 0 Å². The van der Waals surface area contributed by atoms with Crippen LogP contribution in [0.1, 0.15) is 31.9 Å². The van der Waals surface area contributed by atoms with Gasteiger partial charge in [0.15, 0.2) is 0 Å². The summed E-state index contributed by atoms with van der Waals surface area (Å²) in [6.07, 6.45) is -0.258. The number of carbonyl (C=O) groups excluding carboxylic acids is 2. The van der Waals surface area contributed by atoms with Crippen molar-refractivity contribution in [2.24, 2.45) is 0 Å². The fourth-order valence-corrected chi connectivity index (χ4v) is 3.99. The minimum atomic E-state index is -0.837. The molecule has 3 aromatic carbocycles. The molecule has 0 aliphatic rings. The minimum Gasteiger partial charge on any atom is -0.444 e. The van der Waals surface area contributed by atoms with E-state index >= 15 is 0 Å². The van der Waals surface area contributed by atoms with Crippen molar-refractivity contribution in [1.82, 2.24) is 9.96 Å². The van der Waals surface area contributed by atoms with Gasteiger partial charge < -0.3 is 4.74 Å². The smallest absolute Gasteiger partial charge is 0.411 e. The maximum atomic E-state index is 13.5. The molecule has 0 aliphatic heterocycles.